The molecule has 0 amide bonds. The second-order valence-electron chi connectivity index (χ2n) is 4.98. The minimum Gasteiger partial charge on any atom is -0.324 e. The maximum Gasteiger partial charge on any atom is 0.0484 e. The third-order valence-corrected chi connectivity index (χ3v) is 3.93. The highest BCUT2D eigenvalue weighted by Gasteiger charge is 2.12. The second-order valence-corrected chi connectivity index (χ2v) is 5.39. The summed E-state index contributed by atoms with van der Waals surface area (Å²) in [7, 11) is 0. The summed E-state index contributed by atoms with van der Waals surface area (Å²) in [5.41, 5.74) is 8.80. The summed E-state index contributed by atoms with van der Waals surface area (Å²) in [6.45, 7) is 0. The Bertz CT molecular complexity index is 722. The Labute approximate surface area is 124 Å². The lowest BCUT2D eigenvalue weighted by Gasteiger charge is -2.15. The lowest BCUT2D eigenvalue weighted by Crippen LogP contribution is -2.13. The standard InChI is InChI=1S/C18H16ClN/c19-17-11-10-16(14-8-4-5-9-15(14)17)18(20)12-13-6-2-1-3-7-13/h1-11,18H,12,20H2. The molecule has 1 nitrogen and oxygen atoms in total. The smallest absolute Gasteiger partial charge is 0.0484 e. The van der Waals surface area contributed by atoms with Gasteiger partial charge in [-0.1, -0.05) is 72.3 Å². The molecule has 0 heterocycles. The van der Waals surface area contributed by atoms with Gasteiger partial charge in [0.15, 0.2) is 0 Å². The van der Waals surface area contributed by atoms with Gasteiger partial charge in [0.25, 0.3) is 0 Å². The topological polar surface area (TPSA) is 26.0 Å². The van der Waals surface area contributed by atoms with E-state index in [-0.39, 0.29) is 6.04 Å². The molecule has 0 fully saturated rings. The molecule has 0 saturated heterocycles. The zero-order valence-electron chi connectivity index (χ0n) is 11.1. The van der Waals surface area contributed by atoms with E-state index in [1.165, 1.54) is 5.56 Å². The Morgan fingerprint density at radius 2 is 1.45 bits per heavy atom. The first kappa shape index (κ1) is 13.2. The molecular weight excluding hydrogens is 266 g/mol. The molecule has 100 valence electrons. The number of halogens is 1. The molecule has 1 atom stereocenters. The third kappa shape index (κ3) is 2.55. The van der Waals surface area contributed by atoms with Crippen molar-refractivity contribution in [3.8, 4) is 0 Å². The van der Waals surface area contributed by atoms with Crippen molar-refractivity contribution < 1.29 is 0 Å². The summed E-state index contributed by atoms with van der Waals surface area (Å²) >= 11 is 6.25. The van der Waals surface area contributed by atoms with Gasteiger partial charge in [-0.3, -0.25) is 0 Å². The lowest BCUT2D eigenvalue weighted by molar-refractivity contribution is 0.728. The van der Waals surface area contributed by atoms with Crippen molar-refractivity contribution in [2.24, 2.45) is 5.73 Å². The molecule has 0 aliphatic heterocycles. The summed E-state index contributed by atoms with van der Waals surface area (Å²) < 4.78 is 0. The van der Waals surface area contributed by atoms with E-state index in [2.05, 4.69) is 18.2 Å². The van der Waals surface area contributed by atoms with Crippen LogP contribution in [0.3, 0.4) is 0 Å². The van der Waals surface area contributed by atoms with Crippen LogP contribution in [0, 0.1) is 0 Å². The van der Waals surface area contributed by atoms with Crippen LogP contribution in [-0.2, 0) is 6.42 Å². The van der Waals surface area contributed by atoms with E-state index >= 15 is 0 Å². The first-order chi connectivity index (χ1) is 9.75. The fourth-order valence-corrected chi connectivity index (χ4v) is 2.81. The summed E-state index contributed by atoms with van der Waals surface area (Å²) in [5.74, 6) is 0. The average Bonchev–Trinajstić information content (AvgIpc) is 2.49. The van der Waals surface area contributed by atoms with Gasteiger partial charge in [0.05, 0.1) is 0 Å². The van der Waals surface area contributed by atoms with E-state index < -0.39 is 0 Å². The monoisotopic (exact) mass is 281 g/mol. The quantitative estimate of drug-likeness (QED) is 0.737. The van der Waals surface area contributed by atoms with Gasteiger partial charge in [-0.05, 0) is 29.0 Å². The summed E-state index contributed by atoms with van der Waals surface area (Å²) in [4.78, 5) is 0. The van der Waals surface area contributed by atoms with Crippen molar-refractivity contribution in [1.29, 1.82) is 0 Å². The van der Waals surface area contributed by atoms with E-state index in [4.69, 9.17) is 17.3 Å². The fourth-order valence-electron chi connectivity index (χ4n) is 2.59. The van der Waals surface area contributed by atoms with Gasteiger partial charge in [0, 0.05) is 16.5 Å². The van der Waals surface area contributed by atoms with Crippen molar-refractivity contribution >= 4 is 22.4 Å². The number of fused-ring (bicyclic) bond motifs is 1. The summed E-state index contributed by atoms with van der Waals surface area (Å²) in [5, 5.41) is 2.98. The van der Waals surface area contributed by atoms with Crippen LogP contribution in [0.5, 0.6) is 0 Å². The largest absolute Gasteiger partial charge is 0.324 e. The van der Waals surface area contributed by atoms with Gasteiger partial charge in [-0.2, -0.15) is 0 Å². The first-order valence-corrected chi connectivity index (χ1v) is 7.10. The Balaban J connectivity index is 2.00. The van der Waals surface area contributed by atoms with E-state index in [0.29, 0.717) is 0 Å². The lowest BCUT2D eigenvalue weighted by atomic mass is 9.95. The molecule has 3 rings (SSSR count). The molecule has 2 N–H and O–H groups in total. The highest BCUT2D eigenvalue weighted by molar-refractivity contribution is 6.35. The van der Waals surface area contributed by atoms with E-state index in [9.17, 15) is 0 Å². The highest BCUT2D eigenvalue weighted by atomic mass is 35.5. The number of hydrogen-bond donors (Lipinski definition) is 1. The molecular formula is C18H16ClN. The predicted molar refractivity (Wildman–Crippen MR) is 86.0 cm³/mol. The predicted octanol–water partition coefficient (Wildman–Crippen LogP) is 4.74. The Morgan fingerprint density at radius 3 is 2.20 bits per heavy atom. The van der Waals surface area contributed by atoms with Crippen LogP contribution in [-0.4, -0.2) is 0 Å². The number of rotatable bonds is 3. The SMILES string of the molecule is NC(Cc1ccccc1)c1ccc(Cl)c2ccccc12. The molecule has 0 aromatic heterocycles. The zero-order valence-corrected chi connectivity index (χ0v) is 11.8. The molecule has 0 radical (unpaired) electrons. The molecule has 0 spiro atoms. The van der Waals surface area contributed by atoms with Crippen molar-refractivity contribution in [2.75, 3.05) is 0 Å². The Morgan fingerprint density at radius 1 is 0.800 bits per heavy atom. The molecule has 3 aromatic rings. The minimum absolute atomic E-state index is 0.0282. The molecule has 1 unspecified atom stereocenters. The average molecular weight is 282 g/mol. The van der Waals surface area contributed by atoms with Crippen molar-refractivity contribution in [1.82, 2.24) is 0 Å². The number of hydrogen-bond acceptors (Lipinski definition) is 1. The molecule has 0 aliphatic rings. The van der Waals surface area contributed by atoms with Gasteiger partial charge in [0.2, 0.25) is 0 Å². The Kier molecular flexibility index (Phi) is 3.72. The normalized spacial score (nSPS) is 12.5. The highest BCUT2D eigenvalue weighted by Crippen LogP contribution is 2.30. The molecule has 20 heavy (non-hydrogen) atoms. The fraction of sp³-hybridized carbons (Fsp3) is 0.111. The van der Waals surface area contributed by atoms with Gasteiger partial charge in [-0.15, -0.1) is 0 Å². The third-order valence-electron chi connectivity index (χ3n) is 3.60. The van der Waals surface area contributed by atoms with Crippen molar-refractivity contribution in [3.05, 3.63) is 82.9 Å². The van der Waals surface area contributed by atoms with Crippen LogP contribution >= 0.6 is 11.6 Å². The van der Waals surface area contributed by atoms with Crippen molar-refractivity contribution in [2.45, 2.75) is 12.5 Å². The van der Waals surface area contributed by atoms with Gasteiger partial charge in [-0.25, -0.2) is 0 Å². The van der Waals surface area contributed by atoms with Crippen LogP contribution < -0.4 is 5.73 Å². The summed E-state index contributed by atoms with van der Waals surface area (Å²) in [6.07, 6.45) is 0.826. The van der Waals surface area contributed by atoms with E-state index in [0.717, 1.165) is 27.8 Å². The number of nitrogens with two attached hydrogens (primary N) is 1. The van der Waals surface area contributed by atoms with Crippen LogP contribution in [0.4, 0.5) is 0 Å². The molecule has 0 bridgehead atoms. The van der Waals surface area contributed by atoms with Gasteiger partial charge >= 0.3 is 0 Å². The van der Waals surface area contributed by atoms with Crippen LogP contribution in [0.25, 0.3) is 10.8 Å². The summed E-state index contributed by atoms with van der Waals surface area (Å²) in [6, 6.07) is 22.4. The van der Waals surface area contributed by atoms with Crippen LogP contribution in [0.1, 0.15) is 17.2 Å². The Hall–Kier alpha value is -1.83. The minimum atomic E-state index is -0.0282. The van der Waals surface area contributed by atoms with Crippen LogP contribution in [0.2, 0.25) is 5.02 Å². The van der Waals surface area contributed by atoms with Crippen LogP contribution in [0.15, 0.2) is 66.7 Å². The van der Waals surface area contributed by atoms with E-state index in [1.807, 2.05) is 48.5 Å². The maximum absolute atomic E-state index is 6.40. The number of benzene rings is 3. The van der Waals surface area contributed by atoms with Gasteiger partial charge in [0.1, 0.15) is 0 Å². The van der Waals surface area contributed by atoms with Gasteiger partial charge < -0.3 is 5.73 Å². The first-order valence-electron chi connectivity index (χ1n) is 6.72. The maximum atomic E-state index is 6.40. The van der Waals surface area contributed by atoms with Crippen molar-refractivity contribution in [3.63, 3.8) is 0 Å². The molecule has 3 aromatic carbocycles. The molecule has 0 aliphatic carbocycles. The molecule has 2 heteroatoms. The zero-order chi connectivity index (χ0) is 13.9. The molecule has 0 saturated carbocycles. The van der Waals surface area contributed by atoms with E-state index in [1.54, 1.807) is 0 Å². The second kappa shape index (κ2) is 5.66.